The second-order valence-corrected chi connectivity index (χ2v) is 7.08. The van der Waals surface area contributed by atoms with Gasteiger partial charge in [0.1, 0.15) is 22.6 Å². The van der Waals surface area contributed by atoms with Gasteiger partial charge in [0, 0.05) is 19.0 Å². The van der Waals surface area contributed by atoms with E-state index in [1.165, 1.54) is 0 Å². The fourth-order valence-electron chi connectivity index (χ4n) is 3.57. The van der Waals surface area contributed by atoms with Crippen molar-refractivity contribution < 1.29 is 23.2 Å². The SMILES string of the molecule is Cc1cc(C(=O)OCC(=O)N2CCC(c3nc4ccccc4o3)CC2)c(C)o1. The summed E-state index contributed by atoms with van der Waals surface area (Å²) in [6, 6.07) is 9.31. The van der Waals surface area contributed by atoms with Crippen LogP contribution >= 0.6 is 0 Å². The standard InChI is InChI=1S/C21H22N2O5/c1-13-11-16(14(2)27-13)21(25)26-12-19(24)23-9-7-15(8-10-23)20-22-17-5-3-4-6-18(17)28-20/h3-6,11,15H,7-10,12H2,1-2H3. The summed E-state index contributed by atoms with van der Waals surface area (Å²) in [5, 5.41) is 0. The predicted octanol–water partition coefficient (Wildman–Crippen LogP) is 3.60. The Hall–Kier alpha value is -3.09. The summed E-state index contributed by atoms with van der Waals surface area (Å²) in [5.74, 6) is 1.32. The van der Waals surface area contributed by atoms with Gasteiger partial charge in [0.2, 0.25) is 0 Å². The molecule has 1 aliphatic rings. The van der Waals surface area contributed by atoms with Crippen LogP contribution in [0.4, 0.5) is 0 Å². The zero-order valence-corrected chi connectivity index (χ0v) is 15.9. The summed E-state index contributed by atoms with van der Waals surface area (Å²) < 4.78 is 16.3. The quantitative estimate of drug-likeness (QED) is 0.641. The lowest BCUT2D eigenvalue weighted by molar-refractivity contribution is -0.135. The maximum absolute atomic E-state index is 12.4. The van der Waals surface area contributed by atoms with Crippen LogP contribution in [0.15, 0.2) is 39.2 Å². The first-order valence-electron chi connectivity index (χ1n) is 9.38. The highest BCUT2D eigenvalue weighted by atomic mass is 16.5. The number of hydrogen-bond donors (Lipinski definition) is 0. The van der Waals surface area contributed by atoms with Gasteiger partial charge in [0.25, 0.3) is 5.91 Å². The summed E-state index contributed by atoms with van der Waals surface area (Å²) in [5.41, 5.74) is 2.00. The van der Waals surface area contributed by atoms with Gasteiger partial charge in [0.05, 0.1) is 0 Å². The third kappa shape index (κ3) is 3.65. The number of carbonyl (C=O) groups is 2. The molecule has 1 fully saturated rings. The number of aryl methyl sites for hydroxylation is 2. The minimum absolute atomic E-state index is 0.190. The third-order valence-corrected chi connectivity index (χ3v) is 5.09. The topological polar surface area (TPSA) is 85.8 Å². The molecule has 7 nitrogen and oxygen atoms in total. The number of nitrogens with zero attached hydrogens (tertiary/aromatic N) is 2. The van der Waals surface area contributed by atoms with E-state index in [2.05, 4.69) is 4.98 Å². The van der Waals surface area contributed by atoms with Gasteiger partial charge in [0.15, 0.2) is 18.1 Å². The number of benzene rings is 1. The van der Waals surface area contributed by atoms with Crippen LogP contribution in [-0.2, 0) is 9.53 Å². The third-order valence-electron chi connectivity index (χ3n) is 5.09. The molecule has 0 aliphatic carbocycles. The van der Waals surface area contributed by atoms with Gasteiger partial charge in [-0.25, -0.2) is 9.78 Å². The molecule has 2 aromatic heterocycles. The molecule has 0 saturated carbocycles. The van der Waals surface area contributed by atoms with Crippen molar-refractivity contribution in [3.05, 3.63) is 53.3 Å². The maximum atomic E-state index is 12.4. The maximum Gasteiger partial charge on any atom is 0.342 e. The first kappa shape index (κ1) is 18.3. The Bertz CT molecular complexity index is 978. The van der Waals surface area contributed by atoms with Crippen molar-refractivity contribution in [2.45, 2.75) is 32.6 Å². The fraction of sp³-hybridized carbons (Fsp3) is 0.381. The first-order chi connectivity index (χ1) is 13.5. The van der Waals surface area contributed by atoms with E-state index in [9.17, 15) is 9.59 Å². The first-order valence-corrected chi connectivity index (χ1v) is 9.38. The number of aromatic nitrogens is 1. The van der Waals surface area contributed by atoms with Gasteiger partial charge >= 0.3 is 5.97 Å². The van der Waals surface area contributed by atoms with Gasteiger partial charge in [-0.3, -0.25) is 4.79 Å². The summed E-state index contributed by atoms with van der Waals surface area (Å²) in [4.78, 5) is 30.8. The Labute approximate surface area is 162 Å². The minimum atomic E-state index is -0.538. The van der Waals surface area contributed by atoms with Crippen molar-refractivity contribution in [3.63, 3.8) is 0 Å². The number of furan rings is 1. The van der Waals surface area contributed by atoms with E-state index >= 15 is 0 Å². The van der Waals surface area contributed by atoms with Crippen LogP contribution in [0, 0.1) is 13.8 Å². The number of para-hydroxylation sites is 2. The largest absolute Gasteiger partial charge is 0.466 e. The summed E-state index contributed by atoms with van der Waals surface area (Å²) in [7, 11) is 0. The molecule has 0 N–H and O–H groups in total. The molecule has 4 rings (SSSR count). The molecule has 1 aliphatic heterocycles. The molecule has 146 valence electrons. The smallest absolute Gasteiger partial charge is 0.342 e. The number of esters is 1. The number of piperidine rings is 1. The van der Waals surface area contributed by atoms with Crippen molar-refractivity contribution in [1.29, 1.82) is 0 Å². The lowest BCUT2D eigenvalue weighted by Gasteiger charge is -2.30. The molecular weight excluding hydrogens is 360 g/mol. The van der Waals surface area contributed by atoms with E-state index in [1.807, 2.05) is 24.3 Å². The van der Waals surface area contributed by atoms with Crippen LogP contribution in [0.1, 0.15) is 46.5 Å². The van der Waals surface area contributed by atoms with Crippen LogP contribution in [0.25, 0.3) is 11.1 Å². The second kappa shape index (κ2) is 7.50. The number of ether oxygens (including phenoxy) is 1. The molecule has 0 unspecified atom stereocenters. The van der Waals surface area contributed by atoms with Crippen molar-refractivity contribution >= 4 is 23.0 Å². The molecule has 0 spiro atoms. The van der Waals surface area contributed by atoms with E-state index in [4.69, 9.17) is 13.6 Å². The van der Waals surface area contributed by atoms with Crippen molar-refractivity contribution in [3.8, 4) is 0 Å². The van der Waals surface area contributed by atoms with Crippen LogP contribution in [0.3, 0.4) is 0 Å². The molecular formula is C21H22N2O5. The van der Waals surface area contributed by atoms with Gasteiger partial charge in [-0.2, -0.15) is 0 Å². The van der Waals surface area contributed by atoms with Gasteiger partial charge in [-0.05, 0) is 44.9 Å². The molecule has 7 heteroatoms. The minimum Gasteiger partial charge on any atom is -0.466 e. The number of oxazole rings is 1. The summed E-state index contributed by atoms with van der Waals surface area (Å²) in [6.45, 7) is 4.36. The highest BCUT2D eigenvalue weighted by molar-refractivity contribution is 5.92. The van der Waals surface area contributed by atoms with Gasteiger partial charge in [-0.15, -0.1) is 0 Å². The highest BCUT2D eigenvalue weighted by Gasteiger charge is 2.27. The normalized spacial score (nSPS) is 15.1. The molecule has 1 saturated heterocycles. The molecule has 0 atom stereocenters. The summed E-state index contributed by atoms with van der Waals surface area (Å²) >= 11 is 0. The average molecular weight is 382 g/mol. The Morgan fingerprint density at radius 1 is 1.18 bits per heavy atom. The molecule has 3 aromatic rings. The van der Waals surface area contributed by atoms with E-state index < -0.39 is 5.97 Å². The van der Waals surface area contributed by atoms with Gasteiger partial charge in [-0.1, -0.05) is 12.1 Å². The van der Waals surface area contributed by atoms with E-state index in [0.717, 1.165) is 29.8 Å². The van der Waals surface area contributed by atoms with Gasteiger partial charge < -0.3 is 18.5 Å². The Morgan fingerprint density at radius 2 is 1.93 bits per heavy atom. The number of fused-ring (bicyclic) bond motifs is 1. The molecule has 1 amide bonds. The number of hydrogen-bond acceptors (Lipinski definition) is 6. The number of amides is 1. The second-order valence-electron chi connectivity index (χ2n) is 7.08. The van der Waals surface area contributed by atoms with Crippen LogP contribution < -0.4 is 0 Å². The average Bonchev–Trinajstić information content (AvgIpc) is 3.28. The zero-order valence-electron chi connectivity index (χ0n) is 15.9. The highest BCUT2D eigenvalue weighted by Crippen LogP contribution is 2.30. The lowest BCUT2D eigenvalue weighted by Crippen LogP contribution is -2.40. The molecule has 3 heterocycles. The van der Waals surface area contributed by atoms with E-state index in [0.29, 0.717) is 30.2 Å². The lowest BCUT2D eigenvalue weighted by atomic mass is 9.97. The Morgan fingerprint density at radius 3 is 2.61 bits per heavy atom. The molecule has 28 heavy (non-hydrogen) atoms. The van der Waals surface area contributed by atoms with Crippen LogP contribution in [0.2, 0.25) is 0 Å². The predicted molar refractivity (Wildman–Crippen MR) is 101 cm³/mol. The molecule has 0 radical (unpaired) electrons. The van der Waals surface area contributed by atoms with E-state index in [-0.39, 0.29) is 18.4 Å². The fourth-order valence-corrected chi connectivity index (χ4v) is 3.57. The van der Waals surface area contributed by atoms with Crippen molar-refractivity contribution in [2.75, 3.05) is 19.7 Å². The molecule has 1 aromatic carbocycles. The Balaban J connectivity index is 1.30. The van der Waals surface area contributed by atoms with Crippen molar-refractivity contribution in [2.24, 2.45) is 0 Å². The molecule has 0 bridgehead atoms. The van der Waals surface area contributed by atoms with Crippen molar-refractivity contribution in [1.82, 2.24) is 9.88 Å². The number of carbonyl (C=O) groups excluding carboxylic acids is 2. The Kier molecular flexibility index (Phi) is 4.90. The van der Waals surface area contributed by atoms with Crippen LogP contribution in [0.5, 0.6) is 0 Å². The van der Waals surface area contributed by atoms with Crippen LogP contribution in [-0.4, -0.2) is 41.5 Å². The number of rotatable bonds is 4. The monoisotopic (exact) mass is 382 g/mol. The number of likely N-dealkylation sites (tertiary alicyclic amines) is 1. The van der Waals surface area contributed by atoms with E-state index in [1.54, 1.807) is 24.8 Å². The summed E-state index contributed by atoms with van der Waals surface area (Å²) in [6.07, 6.45) is 1.54. The zero-order chi connectivity index (χ0) is 19.7.